The van der Waals surface area contributed by atoms with Gasteiger partial charge in [0, 0.05) is 19.1 Å². The van der Waals surface area contributed by atoms with Gasteiger partial charge in [-0.3, -0.25) is 4.79 Å². The van der Waals surface area contributed by atoms with Crippen LogP contribution in [0.1, 0.15) is 24.2 Å². The van der Waals surface area contributed by atoms with Crippen molar-refractivity contribution < 1.29 is 63.9 Å². The fourth-order valence-corrected chi connectivity index (χ4v) is 4.18. The van der Waals surface area contributed by atoms with Crippen LogP contribution in [0.25, 0.3) is 6.08 Å². The first-order valence-electron chi connectivity index (χ1n) is 11.5. The van der Waals surface area contributed by atoms with Crippen LogP contribution in [-0.4, -0.2) is 92.9 Å². The second-order valence-corrected chi connectivity index (χ2v) is 8.69. The van der Waals surface area contributed by atoms with E-state index in [9.17, 15) is 35.4 Å². The third-order valence-electron chi connectivity index (χ3n) is 6.13. The first kappa shape index (κ1) is 27.1. The van der Waals surface area contributed by atoms with Gasteiger partial charge < -0.3 is 59.1 Å². The van der Waals surface area contributed by atoms with E-state index >= 15 is 0 Å². The van der Waals surface area contributed by atoms with Crippen molar-refractivity contribution in [3.63, 3.8) is 0 Å². The van der Waals surface area contributed by atoms with Gasteiger partial charge in [0.25, 0.3) is 11.9 Å². The molecule has 0 saturated carbocycles. The van der Waals surface area contributed by atoms with Gasteiger partial charge >= 0.3 is 5.97 Å². The predicted octanol–water partition coefficient (Wildman–Crippen LogP) is 0.545. The molecule has 1 saturated heterocycles. The van der Waals surface area contributed by atoms with E-state index in [0.717, 1.165) is 13.0 Å². The van der Waals surface area contributed by atoms with Crippen molar-refractivity contribution in [1.82, 2.24) is 0 Å². The molecule has 2 aromatic rings. The molecular weight excluding hydrogens is 508 g/mol. The first-order valence-corrected chi connectivity index (χ1v) is 11.5. The highest BCUT2D eigenvalue weighted by atomic mass is 16.7. The summed E-state index contributed by atoms with van der Waals surface area (Å²) in [4.78, 5) is 11.2. The fourth-order valence-electron chi connectivity index (χ4n) is 4.18. The lowest BCUT2D eigenvalue weighted by molar-refractivity contribution is -0.296. The van der Waals surface area contributed by atoms with E-state index < -0.39 is 49.4 Å². The Labute approximate surface area is 216 Å². The summed E-state index contributed by atoms with van der Waals surface area (Å²) in [6.45, 7) is 0.748. The summed E-state index contributed by atoms with van der Waals surface area (Å²) < 4.78 is 31.5. The highest BCUT2D eigenvalue weighted by Gasteiger charge is 2.47. The number of carbonyl (C=O) groups is 1. The van der Waals surface area contributed by atoms with Crippen molar-refractivity contribution in [3.8, 4) is 34.5 Å². The number of phenols is 3. The third-order valence-corrected chi connectivity index (χ3v) is 6.13. The summed E-state index contributed by atoms with van der Waals surface area (Å²) in [7, 11) is 2.69. The van der Waals surface area contributed by atoms with Gasteiger partial charge in [-0.1, -0.05) is 0 Å². The zero-order valence-corrected chi connectivity index (χ0v) is 20.6. The topological polar surface area (TPSA) is 197 Å². The fraction of sp³-hybridized carbons (Fsp3) is 0.400. The van der Waals surface area contributed by atoms with Crippen LogP contribution in [0.5, 0.6) is 34.5 Å². The highest BCUT2D eigenvalue weighted by molar-refractivity contribution is 5.69. The van der Waals surface area contributed by atoms with E-state index in [4.69, 9.17) is 23.7 Å². The zero-order valence-electron chi connectivity index (χ0n) is 20.6. The number of aliphatic hydroxyl groups is 4. The summed E-state index contributed by atoms with van der Waals surface area (Å²) in [5, 5.41) is 62.0. The molecule has 38 heavy (non-hydrogen) atoms. The van der Waals surface area contributed by atoms with Crippen molar-refractivity contribution in [1.29, 1.82) is 0 Å². The summed E-state index contributed by atoms with van der Waals surface area (Å²) in [5.74, 6) is -1.09. The van der Waals surface area contributed by atoms with Crippen molar-refractivity contribution in [2.45, 2.75) is 43.7 Å². The average Bonchev–Trinajstić information content (AvgIpc) is 2.88. The Hall–Kier alpha value is -3.91. The molecule has 13 heteroatoms. The molecule has 1 unspecified atom stereocenters. The molecule has 0 aliphatic carbocycles. The van der Waals surface area contributed by atoms with Crippen LogP contribution < -0.4 is 9.47 Å². The molecule has 13 nitrogen and oxygen atoms in total. The van der Waals surface area contributed by atoms with Crippen molar-refractivity contribution in [2.24, 2.45) is 0 Å². The number of aliphatic hydroxyl groups excluding tert-OH is 3. The number of hydrogen-bond acceptors (Lipinski definition) is 12. The Bertz CT molecular complexity index is 1200. The molecule has 6 atom stereocenters. The van der Waals surface area contributed by atoms with E-state index in [-0.39, 0.29) is 45.8 Å². The van der Waals surface area contributed by atoms with Crippen LogP contribution >= 0.6 is 0 Å². The monoisotopic (exact) mass is 537 g/mol. The standard InChI is InChI=1S/C25H28O13/c1-10(26)35-9-19-21(30)22(31)23(32)25(38-19)37-18-8-13-14(28)6-12(27)7-15(13)36-24(18)11-4-16(33-2)20(29)17(5-11)34-3/h4-8,19,21-25,27-32H,9H2,1-3H3/p+1/t19-,21+,22-,23-,24?,25-/m1/s1. The van der Waals surface area contributed by atoms with Crippen LogP contribution in [0.3, 0.4) is 0 Å². The molecule has 206 valence electrons. The molecule has 2 heterocycles. The molecule has 4 rings (SSSR count). The number of esters is 1. The van der Waals surface area contributed by atoms with E-state index in [2.05, 4.69) is 4.74 Å². The molecule has 0 amide bonds. The minimum atomic E-state index is -1.72. The van der Waals surface area contributed by atoms with Crippen LogP contribution in [0, 0.1) is 0 Å². The Balaban J connectivity index is 1.75. The predicted molar refractivity (Wildman–Crippen MR) is 128 cm³/mol. The van der Waals surface area contributed by atoms with Gasteiger partial charge in [0.1, 0.15) is 48.1 Å². The molecule has 2 aromatic carbocycles. The van der Waals surface area contributed by atoms with Gasteiger partial charge in [-0.05, 0) is 12.1 Å². The van der Waals surface area contributed by atoms with Gasteiger partial charge in [0.05, 0.1) is 25.8 Å². The Morgan fingerprint density at radius 1 is 0.974 bits per heavy atom. The molecule has 2 aliphatic heterocycles. The lowest BCUT2D eigenvalue weighted by Gasteiger charge is -2.40. The van der Waals surface area contributed by atoms with E-state index in [1.807, 2.05) is 0 Å². The van der Waals surface area contributed by atoms with Crippen LogP contribution in [0.4, 0.5) is 0 Å². The second-order valence-electron chi connectivity index (χ2n) is 8.69. The van der Waals surface area contributed by atoms with E-state index in [1.54, 1.807) is 0 Å². The third kappa shape index (κ3) is 5.22. The molecular formula is C25H29O13+. The summed E-state index contributed by atoms with van der Waals surface area (Å²) in [6.07, 6.45) is -7.39. The normalized spacial score (nSPS) is 26.4. The minimum Gasteiger partial charge on any atom is -0.571 e. The maximum Gasteiger partial charge on any atom is 0.302 e. The SMILES string of the molecule is COc1cc(C2[OH+]c3cc(O)cc(O)c3C=C2O[C@@H]2O[C@H](COC(C)=O)[C@H](O)[C@@H](O)[C@H]2O)cc(OC)c1O. The van der Waals surface area contributed by atoms with Crippen molar-refractivity contribution >= 4 is 12.0 Å². The lowest BCUT2D eigenvalue weighted by Crippen LogP contribution is -2.59. The lowest BCUT2D eigenvalue weighted by atomic mass is 9.98. The number of benzene rings is 2. The number of carbonyl (C=O) groups excluding carboxylic acids is 1. The van der Waals surface area contributed by atoms with E-state index in [0.29, 0.717) is 5.56 Å². The number of hydrogen-bond donors (Lipinski definition) is 6. The second kappa shape index (κ2) is 10.8. The van der Waals surface area contributed by atoms with Gasteiger partial charge in [-0.25, -0.2) is 0 Å². The molecule has 1 fully saturated rings. The smallest absolute Gasteiger partial charge is 0.302 e. The molecule has 2 aliphatic rings. The average molecular weight is 537 g/mol. The number of fused-ring (bicyclic) bond motifs is 1. The number of methoxy groups -OCH3 is 2. The molecule has 0 aromatic heterocycles. The van der Waals surface area contributed by atoms with Gasteiger partial charge in [-0.2, -0.15) is 0 Å². The maximum atomic E-state index is 11.2. The summed E-state index contributed by atoms with van der Waals surface area (Å²) >= 11 is 0. The number of ether oxygens (including phenoxy) is 6. The van der Waals surface area contributed by atoms with E-state index in [1.165, 1.54) is 38.5 Å². The highest BCUT2D eigenvalue weighted by Crippen LogP contribution is 2.48. The quantitative estimate of drug-likeness (QED) is 0.212. The first-order chi connectivity index (χ1) is 18.0. The number of aromatic hydroxyl groups is 4. The Kier molecular flexibility index (Phi) is 7.73. The van der Waals surface area contributed by atoms with Crippen molar-refractivity contribution in [2.75, 3.05) is 20.8 Å². The maximum absolute atomic E-state index is 11.2. The van der Waals surface area contributed by atoms with Gasteiger partial charge in [0.2, 0.25) is 12.0 Å². The molecule has 0 bridgehead atoms. The molecule has 0 spiro atoms. The number of rotatable bonds is 7. The largest absolute Gasteiger partial charge is 0.571 e. The van der Waals surface area contributed by atoms with Crippen LogP contribution in [0.15, 0.2) is 30.0 Å². The van der Waals surface area contributed by atoms with Crippen LogP contribution in [0.2, 0.25) is 0 Å². The summed E-state index contributed by atoms with van der Waals surface area (Å²) in [6, 6.07) is 5.37. The van der Waals surface area contributed by atoms with Crippen LogP contribution in [-0.2, 0) is 19.0 Å². The Morgan fingerprint density at radius 2 is 1.63 bits per heavy atom. The molecule has 7 N–H and O–H groups in total. The number of phenolic OH excluding ortho intramolecular Hbond substituents is 3. The van der Waals surface area contributed by atoms with Crippen molar-refractivity contribution in [3.05, 3.63) is 41.2 Å². The molecule has 0 radical (unpaired) electrons. The summed E-state index contributed by atoms with van der Waals surface area (Å²) in [5.41, 5.74) is 0.577. The van der Waals surface area contributed by atoms with Gasteiger partial charge in [0.15, 0.2) is 17.3 Å². The Morgan fingerprint density at radius 3 is 2.24 bits per heavy atom. The minimum absolute atomic E-state index is 0.0205. The van der Waals surface area contributed by atoms with Gasteiger partial charge in [-0.15, -0.1) is 0 Å². The zero-order chi connectivity index (χ0) is 27.7.